The zero-order chi connectivity index (χ0) is 23.8. The molecule has 2 aromatic rings. The highest BCUT2D eigenvalue weighted by atomic mass is 19.1. The molecule has 2 aliphatic rings. The number of halogens is 1. The van der Waals surface area contributed by atoms with Gasteiger partial charge in [-0.25, -0.2) is 4.39 Å². The second kappa shape index (κ2) is 9.00. The molecule has 1 atom stereocenters. The van der Waals surface area contributed by atoms with E-state index in [1.165, 1.54) is 12.1 Å². The molecule has 2 aromatic carbocycles. The summed E-state index contributed by atoms with van der Waals surface area (Å²) >= 11 is 0. The van der Waals surface area contributed by atoms with Gasteiger partial charge in [0.05, 0.1) is 24.0 Å². The van der Waals surface area contributed by atoms with Crippen LogP contribution in [0.15, 0.2) is 59.8 Å². The monoisotopic (exact) mass is 449 g/mol. The van der Waals surface area contributed by atoms with E-state index < -0.39 is 6.04 Å². The first kappa shape index (κ1) is 23.0. The molecule has 0 spiro atoms. The fraction of sp³-hybridized carbons (Fsp3) is 0.407. The maximum absolute atomic E-state index is 13.8. The van der Waals surface area contributed by atoms with Crippen molar-refractivity contribution in [1.82, 2.24) is 5.32 Å². The summed E-state index contributed by atoms with van der Waals surface area (Å²) in [5, 5.41) is 6.52. The largest absolute Gasteiger partial charge is 0.357 e. The highest BCUT2D eigenvalue weighted by Crippen LogP contribution is 2.48. The lowest BCUT2D eigenvalue weighted by Crippen LogP contribution is -2.42. The van der Waals surface area contributed by atoms with Crippen molar-refractivity contribution < 1.29 is 14.0 Å². The van der Waals surface area contributed by atoms with Gasteiger partial charge in [-0.05, 0) is 47.6 Å². The molecule has 5 nitrogen and oxygen atoms in total. The average Bonchev–Trinajstić information content (AvgIpc) is 2.87. The van der Waals surface area contributed by atoms with E-state index in [1.807, 2.05) is 43.0 Å². The Hall–Kier alpha value is -3.15. The van der Waals surface area contributed by atoms with Crippen LogP contribution in [0.3, 0.4) is 0 Å². The maximum Gasteiger partial charge on any atom is 0.239 e. The molecule has 1 heterocycles. The van der Waals surface area contributed by atoms with Gasteiger partial charge in [-0.3, -0.25) is 9.59 Å². The summed E-state index contributed by atoms with van der Waals surface area (Å²) in [6, 6.07) is 13.6. The number of carbonyl (C=O) groups excluding carboxylic acids is 2. The van der Waals surface area contributed by atoms with Gasteiger partial charge in [0.1, 0.15) is 5.82 Å². The SMILES string of the molecule is CC(C)CNC(=O)CN1c2ccccc2NC2=C(C(=O)CC(C)(C)C2)[C@@H]1c1ccc(F)cc1. The van der Waals surface area contributed by atoms with Gasteiger partial charge in [0.15, 0.2) is 5.78 Å². The Morgan fingerprint density at radius 1 is 1.15 bits per heavy atom. The van der Waals surface area contributed by atoms with E-state index in [0.29, 0.717) is 30.9 Å². The summed E-state index contributed by atoms with van der Waals surface area (Å²) in [4.78, 5) is 28.5. The Bertz CT molecular complexity index is 1090. The topological polar surface area (TPSA) is 61.4 Å². The fourth-order valence-corrected chi connectivity index (χ4v) is 4.75. The lowest BCUT2D eigenvalue weighted by Gasteiger charge is -2.37. The van der Waals surface area contributed by atoms with Crippen LogP contribution in [0.4, 0.5) is 15.8 Å². The normalized spacial score (nSPS) is 19.5. The summed E-state index contributed by atoms with van der Waals surface area (Å²) in [5.41, 5.74) is 3.85. The van der Waals surface area contributed by atoms with Crippen LogP contribution in [0.1, 0.15) is 52.1 Å². The van der Waals surface area contributed by atoms with E-state index in [0.717, 1.165) is 22.6 Å². The Kier molecular flexibility index (Phi) is 6.28. The van der Waals surface area contributed by atoms with Crippen molar-refractivity contribution in [3.63, 3.8) is 0 Å². The molecule has 2 N–H and O–H groups in total. The van der Waals surface area contributed by atoms with Crippen molar-refractivity contribution in [2.75, 3.05) is 23.3 Å². The number of ketones is 1. The van der Waals surface area contributed by atoms with Crippen molar-refractivity contribution in [2.24, 2.45) is 11.3 Å². The summed E-state index contributed by atoms with van der Waals surface area (Å²) in [5.74, 6) is -0.0597. The molecule has 174 valence electrons. The van der Waals surface area contributed by atoms with E-state index in [9.17, 15) is 14.0 Å². The van der Waals surface area contributed by atoms with Crippen LogP contribution in [0.5, 0.6) is 0 Å². The third-order valence-corrected chi connectivity index (χ3v) is 6.21. The first-order valence-electron chi connectivity index (χ1n) is 11.6. The second-order valence-electron chi connectivity index (χ2n) is 10.3. The highest BCUT2D eigenvalue weighted by Gasteiger charge is 2.41. The lowest BCUT2D eigenvalue weighted by molar-refractivity contribution is -0.120. The van der Waals surface area contributed by atoms with E-state index in [-0.39, 0.29) is 29.5 Å². The second-order valence-corrected chi connectivity index (χ2v) is 10.3. The molecule has 1 aliphatic heterocycles. The molecule has 0 fully saturated rings. The van der Waals surface area contributed by atoms with E-state index >= 15 is 0 Å². The summed E-state index contributed by atoms with van der Waals surface area (Å²) in [6.45, 7) is 8.95. The van der Waals surface area contributed by atoms with Gasteiger partial charge in [-0.15, -0.1) is 0 Å². The summed E-state index contributed by atoms with van der Waals surface area (Å²) < 4.78 is 13.8. The number of allylic oxidation sites excluding steroid dienone is 1. The van der Waals surface area contributed by atoms with Gasteiger partial charge in [-0.1, -0.05) is 52.0 Å². The van der Waals surface area contributed by atoms with Crippen molar-refractivity contribution in [3.8, 4) is 0 Å². The number of nitrogens with zero attached hydrogens (tertiary/aromatic N) is 1. The van der Waals surface area contributed by atoms with Crippen LogP contribution < -0.4 is 15.5 Å². The van der Waals surface area contributed by atoms with Crippen LogP contribution in [0.2, 0.25) is 0 Å². The van der Waals surface area contributed by atoms with E-state index in [1.54, 1.807) is 12.1 Å². The quantitative estimate of drug-likeness (QED) is 0.658. The predicted octanol–water partition coefficient (Wildman–Crippen LogP) is 5.21. The number of amides is 1. The number of nitrogens with one attached hydrogen (secondary N) is 2. The minimum atomic E-state index is -0.495. The molecular weight excluding hydrogens is 417 g/mol. The van der Waals surface area contributed by atoms with Gasteiger partial charge in [0.2, 0.25) is 5.91 Å². The number of rotatable bonds is 5. The highest BCUT2D eigenvalue weighted by molar-refractivity contribution is 6.01. The van der Waals surface area contributed by atoms with Crippen LogP contribution in [0, 0.1) is 17.2 Å². The Morgan fingerprint density at radius 2 is 1.85 bits per heavy atom. The molecule has 0 saturated carbocycles. The van der Waals surface area contributed by atoms with E-state index in [2.05, 4.69) is 24.5 Å². The molecule has 4 rings (SSSR count). The first-order valence-corrected chi connectivity index (χ1v) is 11.6. The summed E-state index contributed by atoms with van der Waals surface area (Å²) in [7, 11) is 0. The van der Waals surface area contributed by atoms with Crippen LogP contribution >= 0.6 is 0 Å². The minimum Gasteiger partial charge on any atom is -0.357 e. The zero-order valence-corrected chi connectivity index (χ0v) is 19.7. The third kappa shape index (κ3) is 4.95. The minimum absolute atomic E-state index is 0.0588. The number of hydrogen-bond donors (Lipinski definition) is 2. The van der Waals surface area contributed by atoms with Crippen molar-refractivity contribution in [2.45, 2.75) is 46.6 Å². The molecule has 1 amide bonds. The molecule has 1 aliphatic carbocycles. The molecule has 0 aromatic heterocycles. The fourth-order valence-electron chi connectivity index (χ4n) is 4.75. The Balaban J connectivity index is 1.87. The Morgan fingerprint density at radius 3 is 2.55 bits per heavy atom. The van der Waals surface area contributed by atoms with Gasteiger partial charge < -0.3 is 15.5 Å². The zero-order valence-electron chi connectivity index (χ0n) is 19.7. The number of para-hydroxylation sites is 2. The number of benzene rings is 2. The molecule has 0 saturated heterocycles. The average molecular weight is 450 g/mol. The number of anilines is 2. The van der Waals surface area contributed by atoms with Crippen molar-refractivity contribution >= 4 is 23.1 Å². The molecule has 0 radical (unpaired) electrons. The third-order valence-electron chi connectivity index (χ3n) is 6.21. The van der Waals surface area contributed by atoms with Gasteiger partial charge in [0, 0.05) is 24.2 Å². The van der Waals surface area contributed by atoms with Crippen LogP contribution in [-0.2, 0) is 9.59 Å². The number of hydrogen-bond acceptors (Lipinski definition) is 4. The van der Waals surface area contributed by atoms with Crippen molar-refractivity contribution in [1.29, 1.82) is 0 Å². The number of carbonyl (C=O) groups is 2. The standard InChI is InChI=1S/C27H32FN3O2/c1-17(2)15-29-24(33)16-31-22-8-6-5-7-20(22)30-21-13-27(3,4)14-23(32)25(21)26(31)18-9-11-19(28)12-10-18/h5-12,17,26,30H,13-16H2,1-4H3,(H,29,33)/t26-/m0/s1. The van der Waals surface area contributed by atoms with E-state index in [4.69, 9.17) is 0 Å². The molecule has 33 heavy (non-hydrogen) atoms. The molecule has 0 bridgehead atoms. The van der Waals surface area contributed by atoms with Crippen LogP contribution in [-0.4, -0.2) is 24.8 Å². The predicted molar refractivity (Wildman–Crippen MR) is 129 cm³/mol. The van der Waals surface area contributed by atoms with Gasteiger partial charge in [-0.2, -0.15) is 0 Å². The maximum atomic E-state index is 13.8. The number of Topliss-reactive ketones (excluding diaryl/α,β-unsaturated/α-hetero) is 1. The van der Waals surface area contributed by atoms with Gasteiger partial charge in [0.25, 0.3) is 0 Å². The van der Waals surface area contributed by atoms with Crippen LogP contribution in [0.25, 0.3) is 0 Å². The Labute approximate surface area is 195 Å². The van der Waals surface area contributed by atoms with Gasteiger partial charge >= 0.3 is 0 Å². The molecule has 6 heteroatoms. The lowest BCUT2D eigenvalue weighted by atomic mass is 9.73. The smallest absolute Gasteiger partial charge is 0.239 e. The molecule has 0 unspecified atom stereocenters. The summed E-state index contributed by atoms with van der Waals surface area (Å²) in [6.07, 6.45) is 1.14. The molecular formula is C27H32FN3O2. The first-order chi connectivity index (χ1) is 15.6. The van der Waals surface area contributed by atoms with Crippen molar-refractivity contribution in [3.05, 3.63) is 71.2 Å². The number of fused-ring (bicyclic) bond motifs is 1.